The number of furan rings is 1. The average molecular weight is 377 g/mol. The quantitative estimate of drug-likeness (QED) is 0.559. The maximum absolute atomic E-state index is 12.4. The molecule has 0 saturated carbocycles. The number of hydrogen-bond donors (Lipinski definition) is 2. The van der Waals surface area contributed by atoms with Gasteiger partial charge in [-0.2, -0.15) is 0 Å². The first-order valence-corrected chi connectivity index (χ1v) is 9.05. The predicted molar refractivity (Wildman–Crippen MR) is 105 cm³/mol. The molecule has 0 unspecified atom stereocenters. The van der Waals surface area contributed by atoms with Crippen molar-refractivity contribution in [2.75, 3.05) is 12.4 Å². The number of carbonyl (C=O) groups is 2. The van der Waals surface area contributed by atoms with Gasteiger partial charge in [0.25, 0.3) is 11.8 Å². The largest absolute Gasteiger partial charge is 0.448 e. The number of para-hydroxylation sites is 1. The second kappa shape index (κ2) is 7.05. The molecule has 2 N–H and O–H groups in total. The number of carbonyl (C=O) groups excluding carboxylic acids is 2. The summed E-state index contributed by atoms with van der Waals surface area (Å²) in [5.41, 5.74) is 1.99. The van der Waals surface area contributed by atoms with Gasteiger partial charge in [-0.1, -0.05) is 12.1 Å². The SMILES string of the molecule is CNC(=O)c1ccc(NC(=O)c2ccc(-c3nc4ccccc4s3)o2)cc1. The predicted octanol–water partition coefficient (Wildman–Crippen LogP) is 4.17. The molecule has 2 heterocycles. The zero-order valence-corrected chi connectivity index (χ0v) is 15.2. The van der Waals surface area contributed by atoms with Crippen LogP contribution < -0.4 is 10.6 Å². The van der Waals surface area contributed by atoms with Gasteiger partial charge in [-0.3, -0.25) is 9.59 Å². The van der Waals surface area contributed by atoms with Crippen LogP contribution in [0.15, 0.2) is 65.1 Å². The van der Waals surface area contributed by atoms with Gasteiger partial charge in [-0.15, -0.1) is 11.3 Å². The number of nitrogens with zero attached hydrogens (tertiary/aromatic N) is 1. The number of rotatable bonds is 4. The Morgan fingerprint density at radius 1 is 0.963 bits per heavy atom. The smallest absolute Gasteiger partial charge is 0.291 e. The molecule has 4 rings (SSSR count). The first-order valence-electron chi connectivity index (χ1n) is 8.23. The lowest BCUT2D eigenvalue weighted by molar-refractivity contribution is 0.0962. The van der Waals surface area contributed by atoms with E-state index in [4.69, 9.17) is 4.42 Å². The Hall–Kier alpha value is -3.45. The van der Waals surface area contributed by atoms with E-state index in [1.54, 1.807) is 43.4 Å². The molecule has 2 amide bonds. The molecule has 0 aliphatic carbocycles. The lowest BCUT2D eigenvalue weighted by Gasteiger charge is -2.04. The Morgan fingerprint density at radius 2 is 1.74 bits per heavy atom. The molecule has 4 aromatic rings. The van der Waals surface area contributed by atoms with Crippen LogP contribution in [-0.2, 0) is 0 Å². The summed E-state index contributed by atoms with van der Waals surface area (Å²) in [7, 11) is 1.57. The van der Waals surface area contributed by atoms with Crippen molar-refractivity contribution in [1.82, 2.24) is 10.3 Å². The van der Waals surface area contributed by atoms with E-state index in [9.17, 15) is 9.59 Å². The van der Waals surface area contributed by atoms with E-state index >= 15 is 0 Å². The number of anilines is 1. The third-order valence-corrected chi connectivity index (χ3v) is 5.02. The summed E-state index contributed by atoms with van der Waals surface area (Å²) in [5, 5.41) is 6.03. The summed E-state index contributed by atoms with van der Waals surface area (Å²) < 4.78 is 6.75. The highest BCUT2D eigenvalue weighted by atomic mass is 32.1. The maximum atomic E-state index is 12.4. The Bertz CT molecular complexity index is 1100. The fraction of sp³-hybridized carbons (Fsp3) is 0.0500. The maximum Gasteiger partial charge on any atom is 0.291 e. The Labute approximate surface area is 158 Å². The van der Waals surface area contributed by atoms with E-state index in [-0.39, 0.29) is 17.6 Å². The van der Waals surface area contributed by atoms with E-state index in [2.05, 4.69) is 15.6 Å². The second-order valence-corrected chi connectivity index (χ2v) is 6.79. The van der Waals surface area contributed by atoms with Crippen molar-refractivity contribution in [2.24, 2.45) is 0 Å². The lowest BCUT2D eigenvalue weighted by Crippen LogP contribution is -2.17. The highest BCUT2D eigenvalue weighted by Gasteiger charge is 2.15. The molecule has 2 aromatic carbocycles. The fourth-order valence-electron chi connectivity index (χ4n) is 2.59. The molecule has 0 radical (unpaired) electrons. The second-order valence-electron chi connectivity index (χ2n) is 5.76. The summed E-state index contributed by atoms with van der Waals surface area (Å²) in [4.78, 5) is 28.5. The highest BCUT2D eigenvalue weighted by Crippen LogP contribution is 2.31. The first-order chi connectivity index (χ1) is 13.1. The summed E-state index contributed by atoms with van der Waals surface area (Å²) >= 11 is 1.51. The van der Waals surface area contributed by atoms with Crippen LogP contribution in [0.5, 0.6) is 0 Å². The van der Waals surface area contributed by atoms with Crippen molar-refractivity contribution in [3.05, 3.63) is 72.0 Å². The van der Waals surface area contributed by atoms with Gasteiger partial charge in [-0.25, -0.2) is 4.98 Å². The van der Waals surface area contributed by atoms with Crippen LogP contribution in [0.4, 0.5) is 5.69 Å². The minimum atomic E-state index is -0.366. The van der Waals surface area contributed by atoms with E-state index in [0.717, 1.165) is 15.2 Å². The molecule has 0 aliphatic heterocycles. The average Bonchev–Trinajstić information content (AvgIpc) is 3.34. The third kappa shape index (κ3) is 3.45. The van der Waals surface area contributed by atoms with Gasteiger partial charge < -0.3 is 15.1 Å². The minimum Gasteiger partial charge on any atom is -0.448 e. The number of hydrogen-bond acceptors (Lipinski definition) is 5. The van der Waals surface area contributed by atoms with Crippen LogP contribution in [0.3, 0.4) is 0 Å². The van der Waals surface area contributed by atoms with Crippen LogP contribution in [0.2, 0.25) is 0 Å². The molecule has 7 heteroatoms. The molecule has 0 atom stereocenters. The van der Waals surface area contributed by atoms with Crippen LogP contribution in [0.1, 0.15) is 20.9 Å². The van der Waals surface area contributed by atoms with Crippen LogP contribution >= 0.6 is 11.3 Å². The summed E-state index contributed by atoms with van der Waals surface area (Å²) in [6, 6.07) is 17.8. The Morgan fingerprint density at radius 3 is 2.48 bits per heavy atom. The van der Waals surface area contributed by atoms with Crippen molar-refractivity contribution in [3.63, 3.8) is 0 Å². The van der Waals surface area contributed by atoms with Crippen LogP contribution in [0, 0.1) is 0 Å². The zero-order chi connectivity index (χ0) is 18.8. The summed E-state index contributed by atoms with van der Waals surface area (Å²) in [6.45, 7) is 0. The van der Waals surface area contributed by atoms with Gasteiger partial charge in [0.05, 0.1) is 10.2 Å². The van der Waals surface area contributed by atoms with Crippen molar-refractivity contribution >= 4 is 39.1 Å². The third-order valence-electron chi connectivity index (χ3n) is 3.97. The lowest BCUT2D eigenvalue weighted by atomic mass is 10.2. The monoisotopic (exact) mass is 377 g/mol. The summed E-state index contributed by atoms with van der Waals surface area (Å²) in [6.07, 6.45) is 0. The zero-order valence-electron chi connectivity index (χ0n) is 14.4. The molecular weight excluding hydrogens is 362 g/mol. The van der Waals surface area contributed by atoms with E-state index in [0.29, 0.717) is 17.0 Å². The van der Waals surface area contributed by atoms with Crippen molar-refractivity contribution in [3.8, 4) is 10.8 Å². The van der Waals surface area contributed by atoms with E-state index < -0.39 is 0 Å². The van der Waals surface area contributed by atoms with Crippen molar-refractivity contribution in [2.45, 2.75) is 0 Å². The molecule has 6 nitrogen and oxygen atoms in total. The molecule has 2 aromatic heterocycles. The van der Waals surface area contributed by atoms with Gasteiger partial charge in [0, 0.05) is 18.3 Å². The number of benzene rings is 2. The van der Waals surface area contributed by atoms with Gasteiger partial charge in [-0.05, 0) is 48.5 Å². The number of nitrogens with one attached hydrogen (secondary N) is 2. The summed E-state index contributed by atoms with van der Waals surface area (Å²) in [5.74, 6) is 0.199. The van der Waals surface area contributed by atoms with Gasteiger partial charge in [0.15, 0.2) is 16.5 Å². The fourth-order valence-corrected chi connectivity index (χ4v) is 3.52. The van der Waals surface area contributed by atoms with Gasteiger partial charge in [0.2, 0.25) is 0 Å². The van der Waals surface area contributed by atoms with Crippen molar-refractivity contribution < 1.29 is 14.0 Å². The number of amides is 2. The normalized spacial score (nSPS) is 10.7. The van der Waals surface area contributed by atoms with Gasteiger partial charge >= 0.3 is 0 Å². The van der Waals surface area contributed by atoms with E-state index in [1.807, 2.05) is 24.3 Å². The number of aromatic nitrogens is 1. The molecule has 27 heavy (non-hydrogen) atoms. The molecule has 0 bridgehead atoms. The molecular formula is C20H15N3O3S. The Kier molecular flexibility index (Phi) is 4.43. The number of fused-ring (bicyclic) bond motifs is 1. The van der Waals surface area contributed by atoms with Gasteiger partial charge in [0.1, 0.15) is 0 Å². The topological polar surface area (TPSA) is 84.2 Å². The highest BCUT2D eigenvalue weighted by molar-refractivity contribution is 7.21. The molecule has 134 valence electrons. The van der Waals surface area contributed by atoms with Crippen LogP contribution in [-0.4, -0.2) is 23.8 Å². The molecule has 0 saturated heterocycles. The minimum absolute atomic E-state index is 0.181. The molecule has 0 fully saturated rings. The standard InChI is InChI=1S/C20H15N3O3S/c1-21-18(24)12-6-8-13(9-7-12)22-19(25)15-10-11-16(26-15)20-23-14-4-2-3-5-17(14)27-20/h2-11H,1H3,(H,21,24)(H,22,25). The molecule has 0 spiro atoms. The van der Waals surface area contributed by atoms with E-state index in [1.165, 1.54) is 11.3 Å². The number of thiazole rings is 1. The van der Waals surface area contributed by atoms with Crippen LogP contribution in [0.25, 0.3) is 21.0 Å². The first kappa shape index (κ1) is 17.0. The van der Waals surface area contributed by atoms with Crippen molar-refractivity contribution in [1.29, 1.82) is 0 Å². The Balaban J connectivity index is 1.50. The molecule has 0 aliphatic rings.